The maximum Gasteiger partial charge on any atom is 0.101 e. The van der Waals surface area contributed by atoms with Crippen LogP contribution in [-0.4, -0.2) is 51.0 Å². The van der Waals surface area contributed by atoms with Crippen molar-refractivity contribution in [1.82, 2.24) is 0 Å². The van der Waals surface area contributed by atoms with Gasteiger partial charge < -0.3 is 0 Å². The Hall–Kier alpha value is 0.667. The molecule has 0 radical (unpaired) electrons. The van der Waals surface area contributed by atoms with E-state index >= 15 is 0 Å². The van der Waals surface area contributed by atoms with Gasteiger partial charge in [0.05, 0.1) is 40.3 Å². The molecule has 104 valence electrons. The highest BCUT2D eigenvalue weighted by Gasteiger charge is 2.31. The Balaban J connectivity index is 5.15. The van der Waals surface area contributed by atoms with E-state index in [1.54, 1.807) is 37.5 Å². The lowest BCUT2D eigenvalue weighted by Gasteiger charge is -2.40. The summed E-state index contributed by atoms with van der Waals surface area (Å²) in [7, 11) is -8.20. The number of hydrogen-bond donors (Lipinski definition) is 0. The average molecular weight is 318 g/mol. The van der Waals surface area contributed by atoms with Crippen molar-refractivity contribution in [2.24, 2.45) is 0 Å². The SMILES string of the molecule is C[Si]([CH-][S+](C)(C)=O)([CH-][S+](C)(C)=O)C[S+](C)(C)=O. The molecule has 0 aliphatic heterocycles. The number of hydrogen-bond acceptors (Lipinski definition) is 3. The van der Waals surface area contributed by atoms with Gasteiger partial charge in [-0.05, 0) is 0 Å². The van der Waals surface area contributed by atoms with Crippen molar-refractivity contribution in [1.29, 1.82) is 0 Å². The Morgan fingerprint density at radius 3 is 1.29 bits per heavy atom. The fourth-order valence-electron chi connectivity index (χ4n) is 2.14. The van der Waals surface area contributed by atoms with Crippen LogP contribution in [0.15, 0.2) is 0 Å². The van der Waals surface area contributed by atoms with Crippen LogP contribution in [0.1, 0.15) is 0 Å². The van der Waals surface area contributed by atoms with Crippen molar-refractivity contribution in [3.8, 4) is 0 Å². The molecule has 0 bridgehead atoms. The van der Waals surface area contributed by atoms with Crippen LogP contribution in [0.25, 0.3) is 0 Å². The molecular weight excluding hydrogens is 292 g/mol. The molecule has 0 aromatic carbocycles. The van der Waals surface area contributed by atoms with E-state index in [4.69, 9.17) is 0 Å². The van der Waals surface area contributed by atoms with Crippen LogP contribution in [0.2, 0.25) is 6.55 Å². The van der Waals surface area contributed by atoms with Crippen molar-refractivity contribution in [3.63, 3.8) is 0 Å². The predicted molar refractivity (Wildman–Crippen MR) is 84.8 cm³/mol. The fourth-order valence-corrected chi connectivity index (χ4v) is 21.0. The second-order valence-corrected chi connectivity index (χ2v) is 20.1. The van der Waals surface area contributed by atoms with Crippen molar-refractivity contribution in [2.45, 2.75) is 6.55 Å². The summed E-state index contributed by atoms with van der Waals surface area (Å²) in [5.74, 6) is 0. The van der Waals surface area contributed by atoms with Crippen LogP contribution in [-0.2, 0) is 42.4 Å². The van der Waals surface area contributed by atoms with Gasteiger partial charge in [-0.25, -0.2) is 0 Å². The van der Waals surface area contributed by atoms with E-state index in [-0.39, 0.29) is 0 Å². The first-order valence-corrected chi connectivity index (χ1v) is 15.4. The van der Waals surface area contributed by atoms with Crippen LogP contribution in [0, 0.1) is 10.8 Å². The Labute approximate surface area is 110 Å². The zero-order valence-electron chi connectivity index (χ0n) is 11.8. The summed E-state index contributed by atoms with van der Waals surface area (Å²) in [6, 6.07) is 0. The smallest absolute Gasteiger partial charge is 0.101 e. The van der Waals surface area contributed by atoms with Gasteiger partial charge >= 0.3 is 0 Å². The Morgan fingerprint density at radius 1 is 0.824 bits per heavy atom. The lowest BCUT2D eigenvalue weighted by Crippen LogP contribution is -2.48. The van der Waals surface area contributed by atoms with Gasteiger partial charge in [0.15, 0.2) is 0 Å². The average Bonchev–Trinajstić information content (AvgIpc) is 1.65. The van der Waals surface area contributed by atoms with Gasteiger partial charge in [-0.1, -0.05) is 27.9 Å². The predicted octanol–water partition coefficient (Wildman–Crippen LogP) is 1.28. The normalized spacial score (nSPS) is 15.0. The quantitative estimate of drug-likeness (QED) is 0.421. The minimum atomic E-state index is -2.23. The summed E-state index contributed by atoms with van der Waals surface area (Å²) in [4.78, 5) is 0. The summed E-state index contributed by atoms with van der Waals surface area (Å²) < 4.78 is 35.9. The maximum atomic E-state index is 12.0. The molecule has 0 unspecified atom stereocenters. The van der Waals surface area contributed by atoms with E-state index in [0.29, 0.717) is 5.38 Å². The summed E-state index contributed by atoms with van der Waals surface area (Å²) in [5, 5.41) is 4.18. The van der Waals surface area contributed by atoms with Crippen LogP contribution in [0.5, 0.6) is 0 Å². The number of rotatable bonds is 6. The van der Waals surface area contributed by atoms with E-state index in [1.807, 2.05) is 17.3 Å². The molecule has 7 heteroatoms. The standard InChI is InChI=1S/C10H25O3S3Si/c1-14(2,11)8-17(7,9-15(3,4)12)10-16(5,6)13/h8-9H,10H2,1-7H3/q+1. The van der Waals surface area contributed by atoms with Crippen LogP contribution in [0.3, 0.4) is 0 Å². The molecule has 3 nitrogen and oxygen atoms in total. The van der Waals surface area contributed by atoms with Crippen LogP contribution in [0.4, 0.5) is 0 Å². The first-order valence-electron chi connectivity index (χ1n) is 5.14. The molecule has 0 N–H and O–H groups in total. The van der Waals surface area contributed by atoms with Crippen LogP contribution < -0.4 is 0 Å². The lowest BCUT2D eigenvalue weighted by atomic mass is 11.7. The van der Waals surface area contributed by atoms with Crippen molar-refractivity contribution < 1.29 is 12.6 Å². The van der Waals surface area contributed by atoms with Gasteiger partial charge in [0.1, 0.15) is 12.5 Å². The molecule has 0 saturated carbocycles. The molecule has 0 rings (SSSR count). The van der Waals surface area contributed by atoms with Crippen molar-refractivity contribution in [2.75, 3.05) is 42.9 Å². The molecule has 0 spiro atoms. The van der Waals surface area contributed by atoms with Gasteiger partial charge in [0.2, 0.25) is 0 Å². The maximum absolute atomic E-state index is 12.0. The zero-order chi connectivity index (χ0) is 14.1. The van der Waals surface area contributed by atoms with Gasteiger partial charge in [-0.2, -0.15) is 0 Å². The van der Waals surface area contributed by atoms with Crippen LogP contribution >= 0.6 is 0 Å². The first-order chi connectivity index (χ1) is 7.12. The first kappa shape index (κ1) is 17.7. The van der Waals surface area contributed by atoms with Gasteiger partial charge in [0, 0.05) is 0 Å². The highest BCUT2D eigenvalue weighted by molar-refractivity contribution is 8.09. The molecule has 0 fully saturated rings. The van der Waals surface area contributed by atoms with E-state index in [2.05, 4.69) is 0 Å². The molecule has 0 amide bonds. The second kappa shape index (κ2) is 5.34. The molecule has 0 aromatic rings. The molecule has 17 heavy (non-hydrogen) atoms. The second-order valence-electron chi connectivity index (χ2n) is 5.94. The Kier molecular flexibility index (Phi) is 5.55. The van der Waals surface area contributed by atoms with Gasteiger partial charge in [0.25, 0.3) is 0 Å². The molecule has 0 saturated heterocycles. The molecular formula is C10H25O3S3Si+. The minimum absolute atomic E-state index is 0.511. The highest BCUT2D eigenvalue weighted by atomic mass is 32.3. The molecule has 0 aliphatic carbocycles. The zero-order valence-corrected chi connectivity index (χ0v) is 15.3. The summed E-state index contributed by atoms with van der Waals surface area (Å²) >= 11 is 0. The van der Waals surface area contributed by atoms with Gasteiger partial charge in [-0.15, -0.1) is 29.9 Å². The van der Waals surface area contributed by atoms with E-state index < -0.39 is 37.9 Å². The Morgan fingerprint density at radius 2 is 1.12 bits per heavy atom. The molecule has 0 aliphatic rings. The lowest BCUT2D eigenvalue weighted by molar-refractivity contribution is 0.593. The topological polar surface area (TPSA) is 51.2 Å². The Bertz CT molecular complexity index is 341. The summed E-state index contributed by atoms with van der Waals surface area (Å²) in [5.41, 5.74) is 0. The van der Waals surface area contributed by atoms with E-state index in [1.165, 1.54) is 0 Å². The van der Waals surface area contributed by atoms with Crippen molar-refractivity contribution in [3.05, 3.63) is 10.8 Å². The third-order valence-corrected chi connectivity index (χ3v) is 15.9. The monoisotopic (exact) mass is 317 g/mol. The molecule has 0 heterocycles. The third-order valence-electron chi connectivity index (χ3n) is 1.76. The van der Waals surface area contributed by atoms with Gasteiger partial charge in [-0.3, -0.25) is 0 Å². The highest BCUT2D eigenvalue weighted by Crippen LogP contribution is 2.25. The minimum Gasteiger partial charge on any atom is -0.139 e. The van der Waals surface area contributed by atoms with Crippen molar-refractivity contribution >= 4 is 37.9 Å². The molecule has 0 aromatic heterocycles. The fraction of sp³-hybridized carbons (Fsp3) is 0.800. The van der Waals surface area contributed by atoms with E-state index in [9.17, 15) is 12.6 Å². The summed E-state index contributed by atoms with van der Waals surface area (Å²) in [6.07, 6.45) is 10.1. The molecule has 0 atom stereocenters. The largest absolute Gasteiger partial charge is 0.139 e. The van der Waals surface area contributed by atoms with E-state index in [0.717, 1.165) is 0 Å². The summed E-state index contributed by atoms with van der Waals surface area (Å²) in [6.45, 7) is 1.99. The third kappa shape index (κ3) is 10.3.